The lowest BCUT2D eigenvalue weighted by Gasteiger charge is -2.28. The van der Waals surface area contributed by atoms with Crippen molar-refractivity contribution in [3.05, 3.63) is 66.5 Å². The van der Waals surface area contributed by atoms with E-state index in [1.807, 2.05) is 24.3 Å². The molecule has 1 saturated heterocycles. The highest BCUT2D eigenvalue weighted by Gasteiger charge is 2.26. The van der Waals surface area contributed by atoms with Crippen molar-refractivity contribution in [1.29, 1.82) is 0 Å². The average Bonchev–Trinajstić information content (AvgIpc) is 2.68. The third-order valence-corrected chi connectivity index (χ3v) is 6.02. The zero-order valence-electron chi connectivity index (χ0n) is 14.3. The number of anilines is 2. The summed E-state index contributed by atoms with van der Waals surface area (Å²) < 4.78 is 30.7. The van der Waals surface area contributed by atoms with Crippen molar-refractivity contribution in [3.8, 4) is 0 Å². The van der Waals surface area contributed by atoms with Gasteiger partial charge in [-0.15, -0.1) is 0 Å². The lowest BCUT2D eigenvalue weighted by atomic mass is 10.1. The van der Waals surface area contributed by atoms with Crippen LogP contribution in [0.3, 0.4) is 0 Å². The molecule has 1 aromatic heterocycles. The largest absolute Gasteiger partial charge is 0.359 e. The van der Waals surface area contributed by atoms with Gasteiger partial charge < -0.3 is 10.1 Å². The smallest absolute Gasteiger partial charge is 0.255 e. The van der Waals surface area contributed by atoms with E-state index in [9.17, 15) is 13.2 Å². The molecule has 7 nitrogen and oxygen atoms in total. The second-order valence-corrected chi connectivity index (χ2v) is 8.15. The lowest BCUT2D eigenvalue weighted by molar-refractivity contribution is 0.102. The molecule has 1 aliphatic heterocycles. The highest BCUT2D eigenvalue weighted by atomic mass is 32.2. The SMILES string of the molecule is O=C(Nc1ccc2cnccc2c1)c1ccc(N2COCCS2(=O)=O)cc1. The van der Waals surface area contributed by atoms with Gasteiger partial charge in [-0.05, 0) is 47.9 Å². The number of carbonyl (C=O) groups is 1. The Balaban J connectivity index is 1.52. The number of pyridine rings is 1. The van der Waals surface area contributed by atoms with Gasteiger partial charge in [-0.3, -0.25) is 9.78 Å². The summed E-state index contributed by atoms with van der Waals surface area (Å²) in [4.78, 5) is 16.6. The number of hydrogen-bond donors (Lipinski definition) is 1. The normalized spacial score (nSPS) is 16.2. The molecule has 138 valence electrons. The summed E-state index contributed by atoms with van der Waals surface area (Å²) in [6, 6.07) is 13.9. The first-order chi connectivity index (χ1) is 13.0. The maximum Gasteiger partial charge on any atom is 0.255 e. The van der Waals surface area contributed by atoms with Crippen molar-refractivity contribution in [2.45, 2.75) is 0 Å². The molecule has 0 aliphatic carbocycles. The third kappa shape index (κ3) is 3.62. The predicted molar refractivity (Wildman–Crippen MR) is 103 cm³/mol. The first-order valence-electron chi connectivity index (χ1n) is 8.36. The standard InChI is InChI=1S/C19H17N3O4S/c23-19(21-17-4-1-16-12-20-8-7-15(16)11-17)14-2-5-18(6-3-14)22-13-26-9-10-27(22,24)25/h1-8,11-12H,9-10,13H2,(H,21,23). The molecule has 0 bridgehead atoms. The van der Waals surface area contributed by atoms with E-state index >= 15 is 0 Å². The van der Waals surface area contributed by atoms with Crippen molar-refractivity contribution < 1.29 is 17.9 Å². The fourth-order valence-corrected chi connectivity index (χ4v) is 4.11. The molecule has 1 amide bonds. The summed E-state index contributed by atoms with van der Waals surface area (Å²) in [5, 5.41) is 4.82. The molecular weight excluding hydrogens is 366 g/mol. The number of aromatic nitrogens is 1. The van der Waals surface area contributed by atoms with Crippen LogP contribution < -0.4 is 9.62 Å². The van der Waals surface area contributed by atoms with Crippen LogP contribution >= 0.6 is 0 Å². The van der Waals surface area contributed by atoms with Gasteiger partial charge in [-0.1, -0.05) is 6.07 Å². The third-order valence-electron chi connectivity index (χ3n) is 4.35. The number of amides is 1. The number of nitrogens with one attached hydrogen (secondary N) is 1. The Hall–Kier alpha value is -2.97. The molecular formula is C19H17N3O4S. The summed E-state index contributed by atoms with van der Waals surface area (Å²) in [5.74, 6) is -0.320. The summed E-state index contributed by atoms with van der Waals surface area (Å²) >= 11 is 0. The molecule has 1 aliphatic rings. The van der Waals surface area contributed by atoms with Gasteiger partial charge in [0.15, 0.2) is 0 Å². The number of sulfonamides is 1. The van der Waals surface area contributed by atoms with E-state index in [1.54, 1.807) is 36.7 Å². The predicted octanol–water partition coefficient (Wildman–Crippen LogP) is 2.61. The van der Waals surface area contributed by atoms with E-state index in [-0.39, 0.29) is 25.0 Å². The van der Waals surface area contributed by atoms with Gasteiger partial charge in [0.25, 0.3) is 5.91 Å². The van der Waals surface area contributed by atoms with Gasteiger partial charge in [-0.25, -0.2) is 12.7 Å². The molecule has 1 fully saturated rings. The highest BCUT2D eigenvalue weighted by molar-refractivity contribution is 7.92. The Kier molecular flexibility index (Phi) is 4.51. The Morgan fingerprint density at radius 2 is 1.89 bits per heavy atom. The number of rotatable bonds is 3. The number of ether oxygens (including phenoxy) is 1. The van der Waals surface area contributed by atoms with Gasteiger partial charge in [0.1, 0.15) is 6.73 Å². The fraction of sp³-hybridized carbons (Fsp3) is 0.158. The Bertz CT molecular complexity index is 1100. The van der Waals surface area contributed by atoms with Gasteiger partial charge in [0, 0.05) is 29.0 Å². The van der Waals surface area contributed by atoms with Crippen LogP contribution in [0, 0.1) is 0 Å². The van der Waals surface area contributed by atoms with Gasteiger partial charge >= 0.3 is 0 Å². The first-order valence-corrected chi connectivity index (χ1v) is 9.97. The zero-order chi connectivity index (χ0) is 18.9. The van der Waals surface area contributed by atoms with Crippen molar-refractivity contribution in [2.24, 2.45) is 0 Å². The maximum atomic E-state index is 12.5. The van der Waals surface area contributed by atoms with E-state index < -0.39 is 10.0 Å². The molecule has 0 unspecified atom stereocenters. The number of benzene rings is 2. The summed E-state index contributed by atoms with van der Waals surface area (Å²) in [7, 11) is -3.38. The number of hydrogen-bond acceptors (Lipinski definition) is 5. The molecule has 3 aromatic rings. The zero-order valence-corrected chi connectivity index (χ0v) is 15.1. The van der Waals surface area contributed by atoms with E-state index in [1.165, 1.54) is 4.31 Å². The fourth-order valence-electron chi connectivity index (χ4n) is 2.88. The van der Waals surface area contributed by atoms with Crippen LogP contribution in [0.2, 0.25) is 0 Å². The minimum atomic E-state index is -3.38. The number of nitrogens with zero attached hydrogens (tertiary/aromatic N) is 2. The van der Waals surface area contributed by atoms with Crippen LogP contribution in [0.25, 0.3) is 10.8 Å². The van der Waals surface area contributed by atoms with Gasteiger partial charge in [0.2, 0.25) is 10.0 Å². The molecule has 0 saturated carbocycles. The van der Waals surface area contributed by atoms with Crippen LogP contribution in [0.5, 0.6) is 0 Å². The monoisotopic (exact) mass is 383 g/mol. The quantitative estimate of drug-likeness (QED) is 0.751. The van der Waals surface area contributed by atoms with E-state index in [2.05, 4.69) is 10.3 Å². The van der Waals surface area contributed by atoms with Crippen LogP contribution in [0.15, 0.2) is 60.9 Å². The summed E-state index contributed by atoms with van der Waals surface area (Å²) in [6.45, 7) is 0.182. The first kappa shape index (κ1) is 17.4. The second-order valence-electron chi connectivity index (χ2n) is 6.14. The molecule has 2 heterocycles. The van der Waals surface area contributed by atoms with Crippen LogP contribution in [-0.4, -0.2) is 38.4 Å². The van der Waals surface area contributed by atoms with E-state index in [4.69, 9.17) is 4.74 Å². The van der Waals surface area contributed by atoms with Crippen molar-refractivity contribution in [1.82, 2.24) is 4.98 Å². The van der Waals surface area contributed by atoms with E-state index in [0.717, 1.165) is 10.8 Å². The second kappa shape index (κ2) is 6.98. The van der Waals surface area contributed by atoms with Crippen molar-refractivity contribution in [2.75, 3.05) is 28.7 Å². The molecule has 0 atom stereocenters. The summed E-state index contributed by atoms with van der Waals surface area (Å²) in [6.07, 6.45) is 3.46. The molecule has 8 heteroatoms. The van der Waals surface area contributed by atoms with Crippen molar-refractivity contribution >= 4 is 38.1 Å². The lowest BCUT2D eigenvalue weighted by Crippen LogP contribution is -2.41. The average molecular weight is 383 g/mol. The number of fused-ring (bicyclic) bond motifs is 1. The molecule has 2 aromatic carbocycles. The van der Waals surface area contributed by atoms with Crippen LogP contribution in [0.1, 0.15) is 10.4 Å². The minimum Gasteiger partial charge on any atom is -0.359 e. The molecule has 0 radical (unpaired) electrons. The molecule has 4 rings (SSSR count). The van der Waals surface area contributed by atoms with Crippen LogP contribution in [-0.2, 0) is 14.8 Å². The van der Waals surface area contributed by atoms with Crippen molar-refractivity contribution in [3.63, 3.8) is 0 Å². The molecule has 27 heavy (non-hydrogen) atoms. The minimum absolute atomic E-state index is 0.0141. The van der Waals surface area contributed by atoms with Crippen LogP contribution in [0.4, 0.5) is 11.4 Å². The Labute approximate surface area is 156 Å². The highest BCUT2D eigenvalue weighted by Crippen LogP contribution is 2.22. The van der Waals surface area contributed by atoms with Gasteiger partial charge in [0.05, 0.1) is 18.0 Å². The van der Waals surface area contributed by atoms with Gasteiger partial charge in [-0.2, -0.15) is 0 Å². The maximum absolute atomic E-state index is 12.5. The molecule has 0 spiro atoms. The van der Waals surface area contributed by atoms with E-state index in [0.29, 0.717) is 16.9 Å². The Morgan fingerprint density at radius 3 is 2.67 bits per heavy atom. The molecule has 1 N–H and O–H groups in total. The summed E-state index contributed by atoms with van der Waals surface area (Å²) in [5.41, 5.74) is 1.59. The Morgan fingerprint density at radius 1 is 1.07 bits per heavy atom. The number of carbonyl (C=O) groups excluding carboxylic acids is 1. The topological polar surface area (TPSA) is 88.6 Å².